The molecule has 0 bridgehead atoms. The highest BCUT2D eigenvalue weighted by atomic mass is 16.5. The lowest BCUT2D eigenvalue weighted by Crippen LogP contribution is -2.34. The highest BCUT2D eigenvalue weighted by Gasteiger charge is 2.16. The third-order valence-electron chi connectivity index (χ3n) is 4.29. The first-order valence-electron chi connectivity index (χ1n) is 9.21. The first-order valence-corrected chi connectivity index (χ1v) is 9.21. The normalized spacial score (nSPS) is 10.9. The Balaban J connectivity index is 1.77. The molecule has 0 saturated carbocycles. The van der Waals surface area contributed by atoms with Crippen LogP contribution in [0, 0.1) is 0 Å². The Bertz CT molecular complexity index is 1030. The van der Waals surface area contributed by atoms with Crippen LogP contribution in [0.15, 0.2) is 77.0 Å². The monoisotopic (exact) mass is 406 g/mol. The Kier molecular flexibility index (Phi) is 6.89. The van der Waals surface area contributed by atoms with Crippen molar-refractivity contribution in [3.63, 3.8) is 0 Å². The number of methoxy groups -OCH3 is 2. The minimum absolute atomic E-state index is 0.0614. The summed E-state index contributed by atoms with van der Waals surface area (Å²) in [6, 6.07) is 17.3. The molecule has 0 saturated heterocycles. The van der Waals surface area contributed by atoms with Crippen molar-refractivity contribution in [2.24, 2.45) is 0 Å². The van der Waals surface area contributed by atoms with E-state index in [1.165, 1.54) is 12.3 Å². The number of ether oxygens (including phenoxy) is 2. The van der Waals surface area contributed by atoms with Crippen LogP contribution in [0.1, 0.15) is 21.7 Å². The van der Waals surface area contributed by atoms with Gasteiger partial charge in [-0.3, -0.25) is 9.59 Å². The average molecular weight is 406 g/mol. The summed E-state index contributed by atoms with van der Waals surface area (Å²) >= 11 is 0. The molecule has 0 spiro atoms. The molecule has 3 aromatic rings. The second-order valence-corrected chi connectivity index (χ2v) is 6.25. The molecule has 2 aromatic carbocycles. The Morgan fingerprint density at radius 3 is 2.47 bits per heavy atom. The fourth-order valence-corrected chi connectivity index (χ4v) is 2.73. The molecule has 0 aliphatic rings. The van der Waals surface area contributed by atoms with E-state index in [4.69, 9.17) is 13.9 Å². The summed E-state index contributed by atoms with van der Waals surface area (Å²) < 4.78 is 15.8. The summed E-state index contributed by atoms with van der Waals surface area (Å²) in [7, 11) is 3.11. The summed E-state index contributed by atoms with van der Waals surface area (Å²) in [4.78, 5) is 25.4. The van der Waals surface area contributed by atoms with Crippen molar-refractivity contribution in [2.45, 2.75) is 6.54 Å². The van der Waals surface area contributed by atoms with Gasteiger partial charge in [-0.05, 0) is 36.4 Å². The van der Waals surface area contributed by atoms with Crippen molar-refractivity contribution >= 4 is 17.9 Å². The molecule has 1 aromatic heterocycles. The maximum atomic E-state index is 12.8. The molecule has 30 heavy (non-hydrogen) atoms. The van der Waals surface area contributed by atoms with Gasteiger partial charge in [0.2, 0.25) is 0 Å². The Morgan fingerprint density at radius 2 is 1.80 bits per heavy atom. The lowest BCUT2D eigenvalue weighted by Gasteiger charge is -2.13. The lowest BCUT2D eigenvalue weighted by atomic mass is 10.1. The van der Waals surface area contributed by atoms with Gasteiger partial charge in [-0.1, -0.05) is 18.2 Å². The SMILES string of the molecule is COc1ccc(CNC(=O)C(=Cc2ccco2)NC(=O)c2ccccc2)c(OC)c1. The molecule has 0 atom stereocenters. The largest absolute Gasteiger partial charge is 0.497 e. The number of nitrogens with one attached hydrogen (secondary N) is 2. The number of rotatable bonds is 8. The number of furan rings is 1. The molecule has 7 nitrogen and oxygen atoms in total. The Labute approximate surface area is 174 Å². The molecule has 154 valence electrons. The minimum atomic E-state index is -0.464. The number of carbonyl (C=O) groups excluding carboxylic acids is 2. The van der Waals surface area contributed by atoms with E-state index >= 15 is 0 Å². The highest BCUT2D eigenvalue weighted by Crippen LogP contribution is 2.24. The van der Waals surface area contributed by atoms with E-state index in [1.807, 2.05) is 6.07 Å². The molecule has 0 aliphatic heterocycles. The van der Waals surface area contributed by atoms with Crippen molar-refractivity contribution in [1.82, 2.24) is 10.6 Å². The van der Waals surface area contributed by atoms with E-state index in [0.717, 1.165) is 5.56 Å². The third-order valence-corrected chi connectivity index (χ3v) is 4.29. The molecule has 2 amide bonds. The van der Waals surface area contributed by atoms with Crippen LogP contribution in [0.4, 0.5) is 0 Å². The number of benzene rings is 2. The van der Waals surface area contributed by atoms with Crippen LogP contribution in [-0.2, 0) is 11.3 Å². The predicted octanol–water partition coefficient (Wildman–Crippen LogP) is 3.38. The van der Waals surface area contributed by atoms with Gasteiger partial charge in [-0.2, -0.15) is 0 Å². The number of carbonyl (C=O) groups is 2. The van der Waals surface area contributed by atoms with E-state index in [-0.39, 0.29) is 12.2 Å². The van der Waals surface area contributed by atoms with Gasteiger partial charge in [-0.15, -0.1) is 0 Å². The van der Waals surface area contributed by atoms with Gasteiger partial charge >= 0.3 is 0 Å². The molecule has 3 rings (SSSR count). The van der Waals surface area contributed by atoms with Crippen molar-refractivity contribution in [1.29, 1.82) is 0 Å². The number of amides is 2. The van der Waals surface area contributed by atoms with Crippen LogP contribution in [0.25, 0.3) is 6.08 Å². The fourth-order valence-electron chi connectivity index (χ4n) is 2.73. The minimum Gasteiger partial charge on any atom is -0.497 e. The topological polar surface area (TPSA) is 89.8 Å². The van der Waals surface area contributed by atoms with Gasteiger partial charge < -0.3 is 24.5 Å². The van der Waals surface area contributed by atoms with E-state index < -0.39 is 11.8 Å². The first kappa shape index (κ1) is 20.7. The number of hydrogen-bond donors (Lipinski definition) is 2. The fraction of sp³-hybridized carbons (Fsp3) is 0.130. The Hall–Kier alpha value is -4.00. The zero-order chi connectivity index (χ0) is 21.3. The number of hydrogen-bond acceptors (Lipinski definition) is 5. The van der Waals surface area contributed by atoms with Gasteiger partial charge in [-0.25, -0.2) is 0 Å². The van der Waals surface area contributed by atoms with Crippen LogP contribution in [-0.4, -0.2) is 26.0 Å². The molecular formula is C23H22N2O5. The van der Waals surface area contributed by atoms with Crippen molar-refractivity contribution in [2.75, 3.05) is 14.2 Å². The van der Waals surface area contributed by atoms with Gasteiger partial charge in [0.15, 0.2) is 0 Å². The van der Waals surface area contributed by atoms with E-state index in [2.05, 4.69) is 10.6 Å². The zero-order valence-corrected chi connectivity index (χ0v) is 16.7. The second kappa shape index (κ2) is 9.97. The smallest absolute Gasteiger partial charge is 0.268 e. The van der Waals surface area contributed by atoms with Crippen molar-refractivity contribution in [3.05, 3.63) is 89.5 Å². The summed E-state index contributed by atoms with van der Waals surface area (Å²) in [5.74, 6) is 0.810. The van der Waals surface area contributed by atoms with Crippen molar-refractivity contribution in [3.8, 4) is 11.5 Å². The third kappa shape index (κ3) is 5.29. The summed E-state index contributed by atoms with van der Waals surface area (Å²) in [5, 5.41) is 5.45. The molecule has 1 heterocycles. The van der Waals surface area contributed by atoms with Gasteiger partial charge in [0, 0.05) is 29.8 Å². The highest BCUT2D eigenvalue weighted by molar-refractivity contribution is 6.05. The Morgan fingerprint density at radius 1 is 1.00 bits per heavy atom. The molecule has 0 unspecified atom stereocenters. The van der Waals surface area contributed by atoms with E-state index in [9.17, 15) is 9.59 Å². The van der Waals surface area contributed by atoms with Gasteiger partial charge in [0.05, 0.1) is 20.5 Å². The maximum absolute atomic E-state index is 12.8. The van der Waals surface area contributed by atoms with Crippen LogP contribution in [0.3, 0.4) is 0 Å². The quantitative estimate of drug-likeness (QED) is 0.560. The molecular weight excluding hydrogens is 384 g/mol. The van der Waals surface area contributed by atoms with Crippen LogP contribution >= 0.6 is 0 Å². The summed E-state index contributed by atoms with van der Waals surface area (Å²) in [6.45, 7) is 0.197. The molecule has 0 radical (unpaired) electrons. The zero-order valence-electron chi connectivity index (χ0n) is 16.7. The summed E-state index contributed by atoms with van der Waals surface area (Å²) in [5.41, 5.74) is 1.26. The van der Waals surface area contributed by atoms with Gasteiger partial charge in [0.25, 0.3) is 11.8 Å². The molecule has 0 aliphatic carbocycles. The van der Waals surface area contributed by atoms with Crippen molar-refractivity contribution < 1.29 is 23.5 Å². The molecule has 7 heteroatoms. The molecule has 0 fully saturated rings. The first-order chi connectivity index (χ1) is 14.6. The van der Waals surface area contributed by atoms with Gasteiger partial charge in [0.1, 0.15) is 23.0 Å². The van der Waals surface area contributed by atoms with Crippen LogP contribution < -0.4 is 20.1 Å². The van der Waals surface area contributed by atoms with Crippen LogP contribution in [0.5, 0.6) is 11.5 Å². The lowest BCUT2D eigenvalue weighted by molar-refractivity contribution is -0.117. The predicted molar refractivity (Wildman–Crippen MR) is 112 cm³/mol. The second-order valence-electron chi connectivity index (χ2n) is 6.25. The maximum Gasteiger partial charge on any atom is 0.268 e. The summed E-state index contributed by atoms with van der Waals surface area (Å²) in [6.07, 6.45) is 2.96. The van der Waals surface area contributed by atoms with Crippen LogP contribution in [0.2, 0.25) is 0 Å². The average Bonchev–Trinajstić information content (AvgIpc) is 3.30. The standard InChI is InChI=1S/C23H22N2O5/c1-28-18-11-10-17(21(14-18)29-2)15-24-23(27)20(13-19-9-6-12-30-19)25-22(26)16-7-4-3-5-8-16/h3-14H,15H2,1-2H3,(H,24,27)(H,25,26). The van der Waals surface area contributed by atoms with E-state index in [1.54, 1.807) is 68.8 Å². The van der Waals surface area contributed by atoms with E-state index in [0.29, 0.717) is 22.8 Å². The molecule has 2 N–H and O–H groups in total.